The second kappa shape index (κ2) is 9.56. The van der Waals surface area contributed by atoms with Crippen LogP contribution in [-0.2, 0) is 16.0 Å². The second-order valence-electron chi connectivity index (χ2n) is 7.04. The molecule has 0 radical (unpaired) electrons. The van der Waals surface area contributed by atoms with E-state index < -0.39 is 0 Å². The molecule has 5 heteroatoms. The fourth-order valence-electron chi connectivity index (χ4n) is 3.46. The number of aryl methyl sites for hydroxylation is 1. The minimum atomic E-state index is -0.0781. The summed E-state index contributed by atoms with van der Waals surface area (Å²) in [6.45, 7) is 0. The summed E-state index contributed by atoms with van der Waals surface area (Å²) in [7, 11) is 0. The van der Waals surface area contributed by atoms with Crippen LogP contribution in [-0.4, -0.2) is 11.8 Å². The van der Waals surface area contributed by atoms with Crippen molar-refractivity contribution < 1.29 is 9.59 Å². The molecule has 0 unspecified atom stereocenters. The van der Waals surface area contributed by atoms with Crippen LogP contribution in [0.5, 0.6) is 0 Å². The lowest BCUT2D eigenvalue weighted by Crippen LogP contribution is -2.24. The van der Waals surface area contributed by atoms with Crippen molar-refractivity contribution in [3.63, 3.8) is 0 Å². The van der Waals surface area contributed by atoms with Gasteiger partial charge in [0.15, 0.2) is 0 Å². The van der Waals surface area contributed by atoms with Crippen LogP contribution in [0, 0.1) is 5.92 Å². The number of hydrogen-bond donors (Lipinski definition) is 2. The number of halogens is 1. The first-order valence-electron chi connectivity index (χ1n) is 9.56. The average molecular weight is 385 g/mol. The number of anilines is 2. The van der Waals surface area contributed by atoms with Crippen LogP contribution in [0.1, 0.15) is 44.1 Å². The van der Waals surface area contributed by atoms with Crippen LogP contribution in [0.2, 0.25) is 5.02 Å². The predicted octanol–water partition coefficient (Wildman–Crippen LogP) is 5.43. The Labute approximate surface area is 165 Å². The highest BCUT2D eigenvalue weighted by Gasteiger charge is 2.21. The van der Waals surface area contributed by atoms with E-state index in [2.05, 4.69) is 10.6 Å². The highest BCUT2D eigenvalue weighted by molar-refractivity contribution is 6.31. The summed E-state index contributed by atoms with van der Waals surface area (Å²) in [6, 6.07) is 14.8. The zero-order valence-electron chi connectivity index (χ0n) is 15.3. The molecular formula is C22H25ClN2O2. The van der Waals surface area contributed by atoms with Crippen LogP contribution < -0.4 is 10.6 Å². The van der Waals surface area contributed by atoms with Gasteiger partial charge in [0.1, 0.15) is 0 Å². The summed E-state index contributed by atoms with van der Waals surface area (Å²) in [5.41, 5.74) is 2.36. The number of benzene rings is 2. The van der Waals surface area contributed by atoms with Crippen LogP contribution in [0.25, 0.3) is 0 Å². The van der Waals surface area contributed by atoms with Gasteiger partial charge in [0.25, 0.3) is 0 Å². The molecule has 0 spiro atoms. The van der Waals surface area contributed by atoms with Gasteiger partial charge in [0.2, 0.25) is 11.8 Å². The Morgan fingerprint density at radius 1 is 0.926 bits per heavy atom. The number of amides is 2. The number of carbonyl (C=O) groups excluding carboxylic acids is 2. The first-order chi connectivity index (χ1) is 13.1. The number of rotatable bonds is 6. The van der Waals surface area contributed by atoms with E-state index in [1.54, 1.807) is 6.07 Å². The molecule has 0 saturated heterocycles. The lowest BCUT2D eigenvalue weighted by Gasteiger charge is -2.20. The maximum atomic E-state index is 12.4. The molecule has 27 heavy (non-hydrogen) atoms. The van der Waals surface area contributed by atoms with Crippen molar-refractivity contribution in [1.29, 1.82) is 0 Å². The molecule has 0 aliphatic heterocycles. The van der Waals surface area contributed by atoms with Gasteiger partial charge in [-0.2, -0.15) is 0 Å². The van der Waals surface area contributed by atoms with Crippen LogP contribution >= 0.6 is 11.6 Å². The molecule has 0 atom stereocenters. The Morgan fingerprint density at radius 3 is 2.37 bits per heavy atom. The van der Waals surface area contributed by atoms with Crippen LogP contribution in [0.15, 0.2) is 48.5 Å². The molecule has 1 fully saturated rings. The van der Waals surface area contributed by atoms with E-state index in [9.17, 15) is 9.59 Å². The maximum absolute atomic E-state index is 12.4. The van der Waals surface area contributed by atoms with Gasteiger partial charge in [-0.05, 0) is 49.1 Å². The SMILES string of the molecule is O=C(CCc1ccccc1Cl)Nc1cccc(NC(=O)C2CCCCC2)c1. The highest BCUT2D eigenvalue weighted by atomic mass is 35.5. The third-order valence-corrected chi connectivity index (χ3v) is 5.34. The molecule has 0 bridgehead atoms. The summed E-state index contributed by atoms with van der Waals surface area (Å²) in [5.74, 6) is 0.107. The Morgan fingerprint density at radius 2 is 1.63 bits per heavy atom. The summed E-state index contributed by atoms with van der Waals surface area (Å²) in [6.07, 6.45) is 6.33. The van der Waals surface area contributed by atoms with E-state index in [0.717, 1.165) is 36.9 Å². The van der Waals surface area contributed by atoms with Crippen molar-refractivity contribution >= 4 is 34.8 Å². The normalized spacial score (nSPS) is 14.6. The summed E-state index contributed by atoms with van der Waals surface area (Å²) < 4.78 is 0. The molecule has 4 nitrogen and oxygen atoms in total. The molecule has 2 aromatic carbocycles. The molecule has 1 aliphatic rings. The van der Waals surface area contributed by atoms with Gasteiger partial charge in [-0.3, -0.25) is 9.59 Å². The van der Waals surface area contributed by atoms with Gasteiger partial charge in [0, 0.05) is 28.7 Å². The van der Waals surface area contributed by atoms with Crippen molar-refractivity contribution in [1.82, 2.24) is 0 Å². The van der Waals surface area contributed by atoms with Crippen molar-refractivity contribution in [3.8, 4) is 0 Å². The van der Waals surface area contributed by atoms with Crippen LogP contribution in [0.4, 0.5) is 11.4 Å². The first kappa shape index (κ1) is 19.4. The van der Waals surface area contributed by atoms with E-state index >= 15 is 0 Å². The third kappa shape index (κ3) is 5.83. The Kier molecular flexibility index (Phi) is 6.88. The molecule has 1 aliphatic carbocycles. The van der Waals surface area contributed by atoms with Crippen molar-refractivity contribution in [2.45, 2.75) is 44.9 Å². The van der Waals surface area contributed by atoms with Gasteiger partial charge in [-0.15, -0.1) is 0 Å². The standard InChI is InChI=1S/C22H25ClN2O2/c23-20-12-5-4-7-16(20)13-14-21(26)24-18-10-6-11-19(15-18)25-22(27)17-8-2-1-3-9-17/h4-7,10-12,15,17H,1-3,8-9,13-14H2,(H,24,26)(H,25,27). The van der Waals surface area contributed by atoms with Crippen molar-refractivity contribution in [3.05, 3.63) is 59.1 Å². The van der Waals surface area contributed by atoms with Gasteiger partial charge >= 0.3 is 0 Å². The lowest BCUT2D eigenvalue weighted by atomic mass is 9.88. The molecule has 2 N–H and O–H groups in total. The summed E-state index contributed by atoms with van der Waals surface area (Å²) in [4.78, 5) is 24.6. The monoisotopic (exact) mass is 384 g/mol. The molecule has 2 aromatic rings. The highest BCUT2D eigenvalue weighted by Crippen LogP contribution is 2.25. The van der Waals surface area contributed by atoms with E-state index in [0.29, 0.717) is 23.6 Å². The van der Waals surface area contributed by atoms with Crippen molar-refractivity contribution in [2.24, 2.45) is 5.92 Å². The Hall–Kier alpha value is -2.33. The minimum absolute atomic E-state index is 0.0781. The van der Waals surface area contributed by atoms with E-state index in [-0.39, 0.29) is 17.7 Å². The molecule has 0 aromatic heterocycles. The molecule has 2 amide bonds. The third-order valence-electron chi connectivity index (χ3n) is 4.97. The van der Waals surface area contributed by atoms with Crippen molar-refractivity contribution in [2.75, 3.05) is 10.6 Å². The van der Waals surface area contributed by atoms with Crippen LogP contribution in [0.3, 0.4) is 0 Å². The lowest BCUT2D eigenvalue weighted by molar-refractivity contribution is -0.120. The molecule has 0 heterocycles. The van der Waals surface area contributed by atoms with E-state index in [4.69, 9.17) is 11.6 Å². The summed E-state index contributed by atoms with van der Waals surface area (Å²) >= 11 is 6.13. The second-order valence-corrected chi connectivity index (χ2v) is 7.45. The topological polar surface area (TPSA) is 58.2 Å². The molecule has 142 valence electrons. The molecule has 3 rings (SSSR count). The molecule has 1 saturated carbocycles. The van der Waals surface area contributed by atoms with Gasteiger partial charge in [0.05, 0.1) is 0 Å². The predicted molar refractivity (Wildman–Crippen MR) is 110 cm³/mol. The average Bonchev–Trinajstić information content (AvgIpc) is 2.68. The first-order valence-corrected chi connectivity index (χ1v) is 9.94. The quantitative estimate of drug-likeness (QED) is 0.697. The number of carbonyl (C=O) groups is 2. The minimum Gasteiger partial charge on any atom is -0.326 e. The fraction of sp³-hybridized carbons (Fsp3) is 0.364. The Bertz CT molecular complexity index is 800. The van der Waals surface area contributed by atoms with E-state index in [1.165, 1.54) is 6.42 Å². The van der Waals surface area contributed by atoms with E-state index in [1.807, 2.05) is 42.5 Å². The number of nitrogens with one attached hydrogen (secondary N) is 2. The van der Waals surface area contributed by atoms with Gasteiger partial charge in [-0.1, -0.05) is 55.1 Å². The summed E-state index contributed by atoms with van der Waals surface area (Å²) in [5, 5.41) is 6.55. The fourth-order valence-corrected chi connectivity index (χ4v) is 3.69. The number of hydrogen-bond acceptors (Lipinski definition) is 2. The maximum Gasteiger partial charge on any atom is 0.227 e. The van der Waals surface area contributed by atoms with Gasteiger partial charge < -0.3 is 10.6 Å². The zero-order chi connectivity index (χ0) is 19.1. The molecular weight excluding hydrogens is 360 g/mol. The Balaban J connectivity index is 1.53. The zero-order valence-corrected chi connectivity index (χ0v) is 16.1. The smallest absolute Gasteiger partial charge is 0.227 e. The largest absolute Gasteiger partial charge is 0.326 e. The van der Waals surface area contributed by atoms with Gasteiger partial charge in [-0.25, -0.2) is 0 Å².